The monoisotopic (exact) mass is 534 g/mol. The van der Waals surface area contributed by atoms with E-state index in [1.54, 1.807) is 7.11 Å². The molecule has 0 amide bonds. The van der Waals surface area contributed by atoms with Gasteiger partial charge in [-0.3, -0.25) is 9.69 Å². The summed E-state index contributed by atoms with van der Waals surface area (Å²) >= 11 is 1.49. The van der Waals surface area contributed by atoms with Crippen LogP contribution in [0.25, 0.3) is 0 Å². The van der Waals surface area contributed by atoms with Crippen molar-refractivity contribution in [1.29, 1.82) is 0 Å². The molecular weight excluding hydrogens is 496 g/mol. The van der Waals surface area contributed by atoms with Crippen LogP contribution in [0.5, 0.6) is 0 Å². The molecule has 5 aliphatic rings. The number of aliphatic hydroxyl groups is 2. The number of hydrogen-bond donors (Lipinski definition) is 2. The maximum Gasteiger partial charge on any atom is 0.344 e. The number of nitrogens with zero attached hydrogens (tertiary/aromatic N) is 2. The van der Waals surface area contributed by atoms with Crippen LogP contribution in [-0.2, 0) is 23.8 Å². The molecule has 1 saturated carbocycles. The molecule has 3 fully saturated rings. The van der Waals surface area contributed by atoms with Crippen LogP contribution in [0.3, 0.4) is 0 Å². The van der Waals surface area contributed by atoms with Gasteiger partial charge in [0.1, 0.15) is 0 Å². The van der Waals surface area contributed by atoms with E-state index in [0.29, 0.717) is 25.0 Å². The SMILES string of the molecule is CC[C@]12C=CCN3CC[C@@]4(C5=CCC(OC)C=C5N(SCCCO)[C@H]4[C@@](O)(C(=O)OC)[C@@H]1OC(C)=O)[C@@H]32. The molecule has 2 N–H and O–H groups in total. The molecule has 2 saturated heterocycles. The molecular formula is C27H38N2O7S. The van der Waals surface area contributed by atoms with Crippen molar-refractivity contribution in [3.8, 4) is 0 Å². The lowest BCUT2D eigenvalue weighted by molar-refractivity contribution is -0.239. The highest BCUT2D eigenvalue weighted by molar-refractivity contribution is 7.97. The second kappa shape index (κ2) is 9.72. The molecule has 9 nitrogen and oxygen atoms in total. The number of allylic oxidation sites excluding steroid dienone is 1. The van der Waals surface area contributed by atoms with Gasteiger partial charge >= 0.3 is 11.9 Å². The van der Waals surface area contributed by atoms with E-state index in [2.05, 4.69) is 29.2 Å². The molecule has 1 unspecified atom stereocenters. The van der Waals surface area contributed by atoms with Gasteiger partial charge in [-0.25, -0.2) is 4.79 Å². The van der Waals surface area contributed by atoms with Crippen molar-refractivity contribution in [3.63, 3.8) is 0 Å². The third-order valence-electron chi connectivity index (χ3n) is 9.13. The van der Waals surface area contributed by atoms with Gasteiger partial charge in [0.05, 0.1) is 19.3 Å². The number of fused-ring (bicyclic) bond motifs is 1. The molecule has 0 radical (unpaired) electrons. The number of carbonyl (C=O) groups excluding carboxylic acids is 2. The average molecular weight is 535 g/mol. The van der Waals surface area contributed by atoms with Gasteiger partial charge in [-0.1, -0.05) is 25.2 Å². The Morgan fingerprint density at radius 2 is 2.05 bits per heavy atom. The Hall–Kier alpha value is -1.85. The topological polar surface area (TPSA) is 109 Å². The molecule has 2 aliphatic carbocycles. The van der Waals surface area contributed by atoms with Crippen molar-refractivity contribution in [2.45, 2.75) is 69.4 Å². The number of esters is 2. The van der Waals surface area contributed by atoms with E-state index in [9.17, 15) is 19.8 Å². The Kier molecular flexibility index (Phi) is 7.02. The van der Waals surface area contributed by atoms with Gasteiger partial charge in [0.15, 0.2) is 6.10 Å². The zero-order chi connectivity index (χ0) is 26.6. The maximum atomic E-state index is 13.8. The quantitative estimate of drug-likeness (QED) is 0.207. The van der Waals surface area contributed by atoms with Gasteiger partial charge in [0.2, 0.25) is 5.60 Å². The Morgan fingerprint density at radius 3 is 2.70 bits per heavy atom. The first-order valence-electron chi connectivity index (χ1n) is 13.1. The summed E-state index contributed by atoms with van der Waals surface area (Å²) < 4.78 is 19.0. The molecule has 10 heteroatoms. The molecule has 0 bridgehead atoms. The smallest absolute Gasteiger partial charge is 0.344 e. The van der Waals surface area contributed by atoms with E-state index >= 15 is 0 Å². The Labute approximate surface area is 222 Å². The fourth-order valence-corrected chi connectivity index (χ4v) is 9.18. The van der Waals surface area contributed by atoms with E-state index in [-0.39, 0.29) is 18.8 Å². The van der Waals surface area contributed by atoms with Gasteiger partial charge in [0, 0.05) is 55.5 Å². The van der Waals surface area contributed by atoms with Gasteiger partial charge in [-0.2, -0.15) is 0 Å². The normalized spacial score (nSPS) is 39.9. The minimum atomic E-state index is -2.14. The first-order chi connectivity index (χ1) is 17.8. The largest absolute Gasteiger partial charge is 0.467 e. The van der Waals surface area contributed by atoms with Crippen LogP contribution in [0.1, 0.15) is 39.5 Å². The minimum Gasteiger partial charge on any atom is -0.467 e. The van der Waals surface area contributed by atoms with E-state index in [1.807, 2.05) is 11.2 Å². The van der Waals surface area contributed by atoms with Crippen molar-refractivity contribution in [3.05, 3.63) is 35.6 Å². The predicted octanol–water partition coefficient (Wildman–Crippen LogP) is 1.81. The van der Waals surface area contributed by atoms with Crippen molar-refractivity contribution in [1.82, 2.24) is 9.21 Å². The molecule has 3 aliphatic heterocycles. The third kappa shape index (κ3) is 3.52. The second-order valence-electron chi connectivity index (χ2n) is 10.7. The van der Waals surface area contributed by atoms with Crippen LogP contribution < -0.4 is 0 Å². The summed E-state index contributed by atoms with van der Waals surface area (Å²) in [5.74, 6) is -0.764. The molecule has 5 rings (SSSR count). The predicted molar refractivity (Wildman–Crippen MR) is 138 cm³/mol. The molecule has 1 spiro atoms. The summed E-state index contributed by atoms with van der Waals surface area (Å²) in [6, 6.07) is -0.832. The Morgan fingerprint density at radius 1 is 1.27 bits per heavy atom. The lowest BCUT2D eigenvalue weighted by Gasteiger charge is -2.63. The maximum absolute atomic E-state index is 13.8. The van der Waals surface area contributed by atoms with Crippen molar-refractivity contribution < 1.29 is 34.0 Å². The lowest BCUT2D eigenvalue weighted by atomic mass is 9.47. The fraction of sp³-hybridized carbons (Fsp3) is 0.704. The van der Waals surface area contributed by atoms with Gasteiger partial charge in [-0.15, -0.1) is 0 Å². The number of ether oxygens (including phenoxy) is 3. The zero-order valence-electron chi connectivity index (χ0n) is 22.0. The molecule has 204 valence electrons. The molecule has 7 atom stereocenters. The van der Waals surface area contributed by atoms with Gasteiger partial charge in [-0.05, 0) is 55.8 Å². The molecule has 0 aromatic heterocycles. The number of methoxy groups -OCH3 is 2. The highest BCUT2D eigenvalue weighted by Gasteiger charge is 2.81. The first-order valence-corrected chi connectivity index (χ1v) is 14.1. The second-order valence-corrected chi connectivity index (χ2v) is 11.7. The zero-order valence-corrected chi connectivity index (χ0v) is 22.8. The van der Waals surface area contributed by atoms with Crippen LogP contribution in [0.4, 0.5) is 0 Å². The van der Waals surface area contributed by atoms with Crippen LogP contribution in [-0.4, -0.2) is 101 Å². The summed E-state index contributed by atoms with van der Waals surface area (Å²) in [7, 11) is 2.95. The van der Waals surface area contributed by atoms with Crippen LogP contribution in [0.15, 0.2) is 35.6 Å². The molecule has 3 heterocycles. The number of hydrogen-bond acceptors (Lipinski definition) is 10. The summed E-state index contributed by atoms with van der Waals surface area (Å²) in [6.07, 6.45) is 9.75. The van der Waals surface area contributed by atoms with E-state index in [0.717, 1.165) is 30.8 Å². The minimum absolute atomic E-state index is 0.0383. The third-order valence-corrected chi connectivity index (χ3v) is 10.3. The summed E-state index contributed by atoms with van der Waals surface area (Å²) in [6.45, 7) is 4.94. The van der Waals surface area contributed by atoms with E-state index in [4.69, 9.17) is 14.2 Å². The number of aliphatic hydroxyl groups excluding tert-OH is 1. The lowest BCUT2D eigenvalue weighted by Crippen LogP contribution is -2.79. The molecule has 0 aromatic carbocycles. The Bertz CT molecular complexity index is 1050. The summed E-state index contributed by atoms with van der Waals surface area (Å²) in [4.78, 5) is 28.7. The van der Waals surface area contributed by atoms with Crippen molar-refractivity contribution in [2.24, 2.45) is 10.8 Å². The standard InChI is InChI=1S/C27H38N2O7S/c1-5-25-10-6-12-28-13-11-26(21(25)28)19-9-8-18(34-3)16-20(19)29(37-15-7-14-30)22(26)27(33,24(32)35-4)23(25)36-17(2)31/h6,9-10,16,18,21-23,30,33H,5,7-8,11-15H2,1-4H3/t18?,21-,22+,23+,25+,26+,27-/m0/s1. The van der Waals surface area contributed by atoms with Gasteiger partial charge < -0.3 is 28.7 Å². The van der Waals surface area contributed by atoms with E-state index in [1.165, 1.54) is 26.0 Å². The van der Waals surface area contributed by atoms with Crippen molar-refractivity contribution >= 4 is 23.9 Å². The van der Waals surface area contributed by atoms with E-state index < -0.39 is 40.5 Å². The summed E-state index contributed by atoms with van der Waals surface area (Å²) in [5.41, 5.74) is -1.49. The van der Waals surface area contributed by atoms with Crippen LogP contribution >= 0.6 is 11.9 Å². The van der Waals surface area contributed by atoms with Crippen LogP contribution in [0.2, 0.25) is 0 Å². The molecule has 37 heavy (non-hydrogen) atoms. The highest BCUT2D eigenvalue weighted by atomic mass is 32.2. The number of rotatable bonds is 8. The van der Waals surface area contributed by atoms with Crippen LogP contribution in [0, 0.1) is 10.8 Å². The summed E-state index contributed by atoms with van der Waals surface area (Å²) in [5, 5.41) is 22.3. The van der Waals surface area contributed by atoms with Crippen molar-refractivity contribution in [2.75, 3.05) is 39.7 Å². The molecule has 0 aromatic rings. The average Bonchev–Trinajstić information content (AvgIpc) is 3.43. The highest BCUT2D eigenvalue weighted by Crippen LogP contribution is 2.70. The Balaban J connectivity index is 1.81. The van der Waals surface area contributed by atoms with Gasteiger partial charge in [0.25, 0.3) is 0 Å². The first kappa shape index (κ1) is 26.7. The number of carbonyl (C=O) groups is 2. The fourth-order valence-electron chi connectivity index (χ4n) is 7.93.